The molecule has 0 spiro atoms. The summed E-state index contributed by atoms with van der Waals surface area (Å²) in [6.45, 7) is 0. The lowest BCUT2D eigenvalue weighted by Gasteiger charge is -2.05. The monoisotopic (exact) mass is 516 g/mol. The highest BCUT2D eigenvalue weighted by atomic mass is 32.2. The van der Waals surface area contributed by atoms with Crippen LogP contribution in [0.25, 0.3) is 43.5 Å². The van der Waals surface area contributed by atoms with Crippen molar-refractivity contribution in [3.8, 4) is 0 Å². The summed E-state index contributed by atoms with van der Waals surface area (Å²) in [5.74, 6) is 0. The molecule has 36 heavy (non-hydrogen) atoms. The molecule has 0 saturated carbocycles. The first kappa shape index (κ1) is 22.3. The van der Waals surface area contributed by atoms with E-state index in [0.717, 1.165) is 44.5 Å². The number of hydrogen-bond donors (Lipinski definition) is 1. The van der Waals surface area contributed by atoms with Crippen molar-refractivity contribution in [2.24, 2.45) is 0 Å². The van der Waals surface area contributed by atoms with Crippen LogP contribution in [0.1, 0.15) is 0 Å². The van der Waals surface area contributed by atoms with Gasteiger partial charge in [-0.05, 0) is 45.8 Å². The maximum atomic E-state index is 13.1. The van der Waals surface area contributed by atoms with Gasteiger partial charge in [-0.15, -0.1) is 4.49 Å². The Hall–Kier alpha value is -4.17. The van der Waals surface area contributed by atoms with Crippen molar-refractivity contribution in [1.82, 2.24) is 0 Å². The van der Waals surface area contributed by atoms with E-state index >= 15 is 0 Å². The molecule has 0 saturated heterocycles. The summed E-state index contributed by atoms with van der Waals surface area (Å²) < 4.78 is 41.1. The van der Waals surface area contributed by atoms with Gasteiger partial charge in [0.2, 0.25) is 0 Å². The summed E-state index contributed by atoms with van der Waals surface area (Å²) in [5, 5.41) is 16.5. The van der Waals surface area contributed by atoms with E-state index < -0.39 is 23.1 Å². The van der Waals surface area contributed by atoms with Gasteiger partial charge < -0.3 is 8.39 Å². The Bertz CT molecular complexity index is 1870. The number of nitrogens with one attached hydrogen (secondary N) is 1. The van der Waals surface area contributed by atoms with Crippen molar-refractivity contribution in [1.29, 1.82) is 0 Å². The van der Waals surface area contributed by atoms with Gasteiger partial charge in [-0.3, -0.25) is 10.1 Å². The van der Waals surface area contributed by atoms with E-state index in [-0.39, 0.29) is 10.6 Å². The van der Waals surface area contributed by atoms with Gasteiger partial charge in [-0.2, -0.15) is 0 Å². The van der Waals surface area contributed by atoms with Crippen LogP contribution in [-0.4, -0.2) is 13.3 Å². The second-order valence-corrected chi connectivity index (χ2v) is 11.2. The summed E-state index contributed by atoms with van der Waals surface area (Å²) >= 11 is 0. The van der Waals surface area contributed by atoms with Gasteiger partial charge >= 0.3 is 8.16 Å². The van der Waals surface area contributed by atoms with Crippen LogP contribution in [0.4, 0.5) is 5.69 Å². The number of nitro benzene ring substituents is 1. The third kappa shape index (κ3) is 3.79. The number of nitrogens with zero attached hydrogens (tertiary/aromatic N) is 1. The zero-order valence-electron chi connectivity index (χ0n) is 18.5. The molecule has 178 valence electrons. The van der Waals surface area contributed by atoms with Crippen LogP contribution in [0.5, 0.6) is 0 Å². The minimum atomic E-state index is -4.10. The molecule has 0 amide bonds. The molecule has 0 unspecified atom stereocenters. The summed E-state index contributed by atoms with van der Waals surface area (Å²) in [5.41, 5.74) is 0.769. The Morgan fingerprint density at radius 1 is 0.694 bits per heavy atom. The van der Waals surface area contributed by atoms with Crippen LogP contribution in [0, 0.1) is 10.1 Å². The summed E-state index contributed by atoms with van der Waals surface area (Å²) in [7, 11) is -6.29. The number of non-ortho nitro benzene ring substituents is 1. The lowest BCUT2D eigenvalue weighted by atomic mass is 9.99. The maximum Gasteiger partial charge on any atom is 0.321 e. The van der Waals surface area contributed by atoms with Gasteiger partial charge in [0.15, 0.2) is 0 Å². The standard InChI is InChI=1S/C26H17N2O6PS/c29-28(30)19-11-13-20(14-12-19)36(31,32)27-35-33-23-15-9-17-5-1-3-7-21(17)25(23)26-22-8-4-2-6-18(22)10-16-24(26)34-35/h1-16,27H. The topological polar surface area (TPSA) is 116 Å². The molecule has 0 radical (unpaired) electrons. The molecule has 1 heterocycles. The fraction of sp³-hybridized carbons (Fsp3) is 0. The molecule has 0 atom stereocenters. The van der Waals surface area contributed by atoms with E-state index in [9.17, 15) is 18.5 Å². The summed E-state index contributed by atoms with van der Waals surface area (Å²) in [6, 6.07) is 27.9. The number of fused-ring (bicyclic) bond motifs is 7. The molecule has 5 aromatic carbocycles. The molecular weight excluding hydrogens is 499 g/mol. The van der Waals surface area contributed by atoms with Gasteiger partial charge in [0.25, 0.3) is 15.7 Å². The average Bonchev–Trinajstić information content (AvgIpc) is 3.04. The van der Waals surface area contributed by atoms with Crippen molar-refractivity contribution >= 4 is 67.4 Å². The Morgan fingerprint density at radius 2 is 1.19 bits per heavy atom. The van der Waals surface area contributed by atoms with Gasteiger partial charge in [-0.1, -0.05) is 60.7 Å². The number of rotatable bonds is 4. The van der Waals surface area contributed by atoms with Gasteiger partial charge in [0, 0.05) is 22.9 Å². The van der Waals surface area contributed by atoms with Crippen molar-refractivity contribution < 1.29 is 21.7 Å². The first-order chi connectivity index (χ1) is 17.4. The molecule has 0 aliphatic carbocycles. The quantitative estimate of drug-likeness (QED) is 0.192. The number of hydrogen-bond acceptors (Lipinski definition) is 6. The fourth-order valence-corrected chi connectivity index (χ4v) is 7.00. The predicted molar refractivity (Wildman–Crippen MR) is 141 cm³/mol. The molecule has 1 N–H and O–H groups in total. The Kier molecular flexibility index (Phi) is 5.26. The zero-order chi connectivity index (χ0) is 24.9. The number of benzene rings is 5. The predicted octanol–water partition coefficient (Wildman–Crippen LogP) is 7.44. The normalized spacial score (nSPS) is 11.9. The number of sulfonamides is 1. The SMILES string of the molecule is O=[N+]([O-])c1ccc(S(=O)(=O)Np2oc3ccc4ccccc4c3c3c(ccc4ccccc43)o2)cc1. The minimum Gasteiger partial charge on any atom is -0.407 e. The molecule has 1 aromatic heterocycles. The third-order valence-corrected chi connectivity index (χ3v) is 9.12. The third-order valence-electron chi connectivity index (χ3n) is 5.95. The van der Waals surface area contributed by atoms with Crippen molar-refractivity contribution in [3.63, 3.8) is 0 Å². The second kappa shape index (κ2) is 8.49. The Balaban J connectivity index is 1.64. The molecule has 6 aromatic rings. The van der Waals surface area contributed by atoms with E-state index in [4.69, 9.17) is 8.39 Å². The van der Waals surface area contributed by atoms with Crippen molar-refractivity contribution in [3.05, 3.63) is 107 Å². The molecule has 0 bridgehead atoms. The Morgan fingerprint density at radius 3 is 1.69 bits per heavy atom. The van der Waals surface area contributed by atoms with Crippen molar-refractivity contribution in [2.75, 3.05) is 4.49 Å². The van der Waals surface area contributed by atoms with Crippen LogP contribution >= 0.6 is 8.16 Å². The van der Waals surface area contributed by atoms with E-state index in [1.807, 2.05) is 72.8 Å². The molecule has 0 fully saturated rings. The fourth-order valence-electron chi connectivity index (χ4n) is 4.30. The van der Waals surface area contributed by atoms with Crippen LogP contribution in [0.2, 0.25) is 0 Å². The first-order valence-corrected chi connectivity index (χ1v) is 13.5. The number of nitro groups is 1. The van der Waals surface area contributed by atoms with Crippen LogP contribution < -0.4 is 4.49 Å². The minimum absolute atomic E-state index is 0.135. The summed E-state index contributed by atoms with van der Waals surface area (Å²) in [6.07, 6.45) is 0. The average molecular weight is 516 g/mol. The van der Waals surface area contributed by atoms with Gasteiger partial charge in [-0.25, -0.2) is 8.42 Å². The smallest absolute Gasteiger partial charge is 0.321 e. The molecule has 10 heteroatoms. The van der Waals surface area contributed by atoms with Crippen LogP contribution in [-0.2, 0) is 10.0 Å². The lowest BCUT2D eigenvalue weighted by Crippen LogP contribution is -2.10. The molecular formula is C26H17N2O6PS. The van der Waals surface area contributed by atoms with E-state index in [2.05, 4.69) is 4.49 Å². The highest BCUT2D eigenvalue weighted by molar-refractivity contribution is 7.97. The van der Waals surface area contributed by atoms with Gasteiger partial charge in [0.1, 0.15) is 11.2 Å². The molecule has 8 nitrogen and oxygen atoms in total. The van der Waals surface area contributed by atoms with E-state index in [0.29, 0.717) is 11.2 Å². The van der Waals surface area contributed by atoms with Crippen LogP contribution in [0.15, 0.2) is 110 Å². The van der Waals surface area contributed by atoms with Crippen molar-refractivity contribution in [2.45, 2.75) is 4.90 Å². The lowest BCUT2D eigenvalue weighted by molar-refractivity contribution is -0.384. The highest BCUT2D eigenvalue weighted by Crippen LogP contribution is 2.40. The van der Waals surface area contributed by atoms with Gasteiger partial charge in [0.05, 0.1) is 9.82 Å². The molecule has 6 rings (SSSR count). The van der Waals surface area contributed by atoms with Crippen LogP contribution in [0.3, 0.4) is 0 Å². The summed E-state index contributed by atoms with van der Waals surface area (Å²) in [4.78, 5) is 10.2. The van der Waals surface area contributed by atoms with E-state index in [1.54, 1.807) is 0 Å². The zero-order valence-corrected chi connectivity index (χ0v) is 20.2. The second-order valence-electron chi connectivity index (χ2n) is 8.11. The maximum absolute atomic E-state index is 13.1. The van der Waals surface area contributed by atoms with E-state index in [1.165, 1.54) is 12.1 Å². The highest BCUT2D eigenvalue weighted by Gasteiger charge is 2.20. The first-order valence-electron chi connectivity index (χ1n) is 10.9. The largest absolute Gasteiger partial charge is 0.407 e. The molecule has 0 aliphatic rings. The molecule has 0 aliphatic heterocycles. The Labute approximate surface area is 205 Å².